The highest BCUT2D eigenvalue weighted by atomic mass is 19.1. The molecule has 1 saturated heterocycles. The molecule has 0 saturated carbocycles. The van der Waals surface area contributed by atoms with Crippen LogP contribution in [0.15, 0.2) is 30.5 Å². The van der Waals surface area contributed by atoms with Gasteiger partial charge in [0.2, 0.25) is 0 Å². The molecule has 0 aliphatic carbocycles. The van der Waals surface area contributed by atoms with E-state index in [1.807, 2.05) is 13.2 Å². The lowest BCUT2D eigenvalue weighted by atomic mass is 10.1. The number of hydrogen-bond donors (Lipinski definition) is 1. The molecule has 1 aliphatic heterocycles. The van der Waals surface area contributed by atoms with Gasteiger partial charge >= 0.3 is 0 Å². The van der Waals surface area contributed by atoms with Crippen LogP contribution in [0.25, 0.3) is 11.3 Å². The Morgan fingerprint density at radius 2 is 2.11 bits per heavy atom. The predicted molar refractivity (Wildman–Crippen MR) is 68.8 cm³/mol. The van der Waals surface area contributed by atoms with Crippen molar-refractivity contribution in [2.45, 2.75) is 12.3 Å². The topological polar surface area (TPSA) is 29.9 Å². The Kier molecular flexibility index (Phi) is 2.88. The van der Waals surface area contributed by atoms with E-state index in [0.717, 1.165) is 36.6 Å². The normalized spacial score (nSPS) is 19.3. The Labute approximate surface area is 106 Å². The van der Waals surface area contributed by atoms with Crippen molar-refractivity contribution >= 4 is 0 Å². The average molecular weight is 245 g/mol. The van der Waals surface area contributed by atoms with Crippen molar-refractivity contribution in [1.29, 1.82) is 0 Å². The van der Waals surface area contributed by atoms with Crippen molar-refractivity contribution in [2.75, 3.05) is 13.1 Å². The third-order valence-corrected chi connectivity index (χ3v) is 3.59. The molecule has 4 heteroatoms. The maximum atomic E-state index is 12.9. The fraction of sp³-hybridized carbons (Fsp3) is 0.357. The lowest BCUT2D eigenvalue weighted by molar-refractivity contribution is 0.628. The fourth-order valence-electron chi connectivity index (χ4n) is 2.57. The second-order valence-corrected chi connectivity index (χ2v) is 4.76. The van der Waals surface area contributed by atoms with Gasteiger partial charge in [-0.15, -0.1) is 0 Å². The number of halogens is 1. The van der Waals surface area contributed by atoms with Crippen molar-refractivity contribution in [2.24, 2.45) is 7.05 Å². The minimum absolute atomic E-state index is 0.207. The van der Waals surface area contributed by atoms with Gasteiger partial charge in [-0.25, -0.2) is 9.37 Å². The van der Waals surface area contributed by atoms with Gasteiger partial charge < -0.3 is 9.88 Å². The van der Waals surface area contributed by atoms with Gasteiger partial charge in [-0.2, -0.15) is 0 Å². The molecule has 94 valence electrons. The molecule has 2 aromatic rings. The standard InChI is InChI=1S/C14H16FN3/c1-18-13(10-2-4-12(15)5-3-10)9-17-14(18)11-6-7-16-8-11/h2-5,9,11,16H,6-8H2,1H3. The first kappa shape index (κ1) is 11.4. The molecule has 0 spiro atoms. The maximum absolute atomic E-state index is 12.9. The third-order valence-electron chi connectivity index (χ3n) is 3.59. The quantitative estimate of drug-likeness (QED) is 0.880. The zero-order chi connectivity index (χ0) is 12.5. The van der Waals surface area contributed by atoms with Gasteiger partial charge in [0.25, 0.3) is 0 Å². The summed E-state index contributed by atoms with van der Waals surface area (Å²) in [6.45, 7) is 2.05. The van der Waals surface area contributed by atoms with Crippen LogP contribution < -0.4 is 5.32 Å². The fourth-order valence-corrected chi connectivity index (χ4v) is 2.57. The highest BCUT2D eigenvalue weighted by Crippen LogP contribution is 2.26. The van der Waals surface area contributed by atoms with Crippen LogP contribution in [0.4, 0.5) is 4.39 Å². The second-order valence-electron chi connectivity index (χ2n) is 4.76. The third kappa shape index (κ3) is 1.93. The molecule has 1 N–H and O–H groups in total. The molecular weight excluding hydrogens is 229 g/mol. The van der Waals surface area contributed by atoms with Crippen molar-refractivity contribution in [3.63, 3.8) is 0 Å². The first-order chi connectivity index (χ1) is 8.75. The van der Waals surface area contributed by atoms with Crippen LogP contribution in [-0.2, 0) is 7.05 Å². The van der Waals surface area contributed by atoms with E-state index in [4.69, 9.17) is 0 Å². The van der Waals surface area contributed by atoms with Crippen LogP contribution in [0.3, 0.4) is 0 Å². The summed E-state index contributed by atoms with van der Waals surface area (Å²) in [4.78, 5) is 4.53. The van der Waals surface area contributed by atoms with Crippen molar-refractivity contribution < 1.29 is 4.39 Å². The van der Waals surface area contributed by atoms with E-state index in [2.05, 4.69) is 14.9 Å². The minimum Gasteiger partial charge on any atom is -0.331 e. The molecule has 1 aromatic heterocycles. The molecule has 3 rings (SSSR count). The SMILES string of the molecule is Cn1c(-c2ccc(F)cc2)cnc1C1CCNC1. The molecule has 18 heavy (non-hydrogen) atoms. The lowest BCUT2D eigenvalue weighted by Crippen LogP contribution is -2.11. The Hall–Kier alpha value is -1.68. The van der Waals surface area contributed by atoms with Gasteiger partial charge in [0.15, 0.2) is 0 Å². The summed E-state index contributed by atoms with van der Waals surface area (Å²) in [5.41, 5.74) is 2.04. The Morgan fingerprint density at radius 3 is 2.78 bits per heavy atom. The highest BCUT2D eigenvalue weighted by molar-refractivity contribution is 5.59. The van der Waals surface area contributed by atoms with Crippen LogP contribution in [0.5, 0.6) is 0 Å². The summed E-state index contributed by atoms with van der Waals surface area (Å²) < 4.78 is 15.0. The summed E-state index contributed by atoms with van der Waals surface area (Å²) in [5, 5.41) is 3.35. The van der Waals surface area contributed by atoms with Crippen LogP contribution in [0.1, 0.15) is 18.2 Å². The van der Waals surface area contributed by atoms with Gasteiger partial charge in [-0.3, -0.25) is 0 Å². The number of aromatic nitrogens is 2. The number of imidazole rings is 1. The Balaban J connectivity index is 1.96. The maximum Gasteiger partial charge on any atom is 0.123 e. The molecule has 1 aliphatic rings. The van der Waals surface area contributed by atoms with Crippen LogP contribution in [0.2, 0.25) is 0 Å². The summed E-state index contributed by atoms with van der Waals surface area (Å²) in [6.07, 6.45) is 3.01. The molecule has 0 amide bonds. The average Bonchev–Trinajstić information content (AvgIpc) is 2.99. The summed E-state index contributed by atoms with van der Waals surface area (Å²) >= 11 is 0. The van der Waals surface area contributed by atoms with E-state index < -0.39 is 0 Å². The number of hydrogen-bond acceptors (Lipinski definition) is 2. The predicted octanol–water partition coefficient (Wildman–Crippen LogP) is 2.30. The van der Waals surface area contributed by atoms with Crippen molar-refractivity contribution in [3.05, 3.63) is 42.1 Å². The minimum atomic E-state index is -0.207. The number of nitrogens with one attached hydrogen (secondary N) is 1. The zero-order valence-electron chi connectivity index (χ0n) is 10.4. The summed E-state index contributed by atoms with van der Waals surface area (Å²) in [5.74, 6) is 1.39. The zero-order valence-corrected chi connectivity index (χ0v) is 10.4. The second kappa shape index (κ2) is 4.53. The van der Waals surface area contributed by atoms with E-state index in [0.29, 0.717) is 5.92 Å². The molecule has 1 unspecified atom stereocenters. The van der Waals surface area contributed by atoms with E-state index in [1.54, 1.807) is 12.1 Å². The van der Waals surface area contributed by atoms with Crippen molar-refractivity contribution in [3.8, 4) is 11.3 Å². The molecular formula is C14H16FN3. The van der Waals surface area contributed by atoms with E-state index in [1.165, 1.54) is 12.1 Å². The largest absolute Gasteiger partial charge is 0.331 e. The Morgan fingerprint density at radius 1 is 1.33 bits per heavy atom. The molecule has 0 radical (unpaired) electrons. The first-order valence-corrected chi connectivity index (χ1v) is 6.24. The van der Waals surface area contributed by atoms with E-state index in [-0.39, 0.29) is 5.82 Å². The van der Waals surface area contributed by atoms with E-state index in [9.17, 15) is 4.39 Å². The molecule has 2 heterocycles. The number of benzene rings is 1. The summed E-state index contributed by atoms with van der Waals surface area (Å²) in [6, 6.07) is 6.56. The van der Waals surface area contributed by atoms with Crippen LogP contribution in [-0.4, -0.2) is 22.6 Å². The molecule has 1 aromatic carbocycles. The monoisotopic (exact) mass is 245 g/mol. The number of rotatable bonds is 2. The Bertz CT molecular complexity index is 539. The highest BCUT2D eigenvalue weighted by Gasteiger charge is 2.21. The number of nitrogens with zero attached hydrogens (tertiary/aromatic N) is 2. The van der Waals surface area contributed by atoms with Gasteiger partial charge in [0.05, 0.1) is 11.9 Å². The van der Waals surface area contributed by atoms with Crippen LogP contribution in [0, 0.1) is 5.82 Å². The first-order valence-electron chi connectivity index (χ1n) is 6.24. The van der Waals surface area contributed by atoms with Gasteiger partial charge in [0, 0.05) is 19.5 Å². The molecule has 1 fully saturated rings. The van der Waals surface area contributed by atoms with Gasteiger partial charge in [0.1, 0.15) is 11.6 Å². The van der Waals surface area contributed by atoms with E-state index >= 15 is 0 Å². The van der Waals surface area contributed by atoms with Gasteiger partial charge in [-0.1, -0.05) is 0 Å². The molecule has 0 bridgehead atoms. The van der Waals surface area contributed by atoms with Crippen molar-refractivity contribution in [1.82, 2.24) is 14.9 Å². The van der Waals surface area contributed by atoms with Gasteiger partial charge in [-0.05, 0) is 42.8 Å². The molecule has 3 nitrogen and oxygen atoms in total. The summed E-state index contributed by atoms with van der Waals surface area (Å²) in [7, 11) is 2.03. The smallest absolute Gasteiger partial charge is 0.123 e. The lowest BCUT2D eigenvalue weighted by Gasteiger charge is -2.10. The molecule has 1 atom stereocenters. The van der Waals surface area contributed by atoms with Crippen LogP contribution >= 0.6 is 0 Å².